The van der Waals surface area contributed by atoms with Gasteiger partial charge in [-0.2, -0.15) is 13.2 Å². The van der Waals surface area contributed by atoms with Gasteiger partial charge in [-0.3, -0.25) is 14.4 Å². The molecule has 0 radical (unpaired) electrons. The molecule has 0 spiro atoms. The summed E-state index contributed by atoms with van der Waals surface area (Å²) in [6.07, 6.45) is -5.32. The third-order valence-corrected chi connectivity index (χ3v) is 5.56. The van der Waals surface area contributed by atoms with Crippen molar-refractivity contribution in [1.29, 1.82) is 0 Å². The average Bonchev–Trinajstić information content (AvgIpc) is 3.45. The number of nitrogens with zero attached hydrogens (tertiary/aromatic N) is 1. The van der Waals surface area contributed by atoms with Gasteiger partial charge in [-0.25, -0.2) is 4.39 Å². The number of nitrogens with one attached hydrogen (secondary N) is 2. The number of ether oxygens (including phenoxy) is 1. The number of carbonyl (C=O) groups excluding carboxylic acids is 3. The number of benzene rings is 1. The molecule has 1 heterocycles. The van der Waals surface area contributed by atoms with Crippen LogP contribution in [0.4, 0.5) is 23.2 Å². The second kappa shape index (κ2) is 7.95. The standard InChI is InChI=1S/C21H21F4N3O4/c1-10-9-12(5-6-13(10)22)26-18(30)14-11(2)28(3)15(17(14)32-4)16(29)19(31)27-20(7-8-20)21(23,24)25/h5-6,9H,7-8H2,1-4H3,(H,26,30)(H,27,31). The van der Waals surface area contributed by atoms with Gasteiger partial charge in [0.15, 0.2) is 5.75 Å². The molecule has 2 amide bonds. The molecule has 32 heavy (non-hydrogen) atoms. The summed E-state index contributed by atoms with van der Waals surface area (Å²) in [5, 5.41) is 4.33. The molecule has 1 aromatic carbocycles. The van der Waals surface area contributed by atoms with Crippen LogP contribution in [0.1, 0.15) is 44.9 Å². The Labute approximate surface area is 180 Å². The van der Waals surface area contributed by atoms with E-state index in [4.69, 9.17) is 4.74 Å². The Hall–Kier alpha value is -3.37. The van der Waals surface area contributed by atoms with Gasteiger partial charge in [-0.05, 0) is 50.5 Å². The van der Waals surface area contributed by atoms with Crippen molar-refractivity contribution in [1.82, 2.24) is 9.88 Å². The lowest BCUT2D eigenvalue weighted by atomic mass is 10.1. The highest BCUT2D eigenvalue weighted by molar-refractivity contribution is 6.43. The largest absolute Gasteiger partial charge is 0.493 e. The van der Waals surface area contributed by atoms with Gasteiger partial charge in [-0.1, -0.05) is 0 Å². The van der Waals surface area contributed by atoms with E-state index < -0.39 is 35.1 Å². The van der Waals surface area contributed by atoms with Gasteiger partial charge in [0.1, 0.15) is 22.6 Å². The Bertz CT molecular complexity index is 1120. The fourth-order valence-corrected chi connectivity index (χ4v) is 3.39. The minimum atomic E-state index is -4.69. The molecule has 1 aromatic heterocycles. The summed E-state index contributed by atoms with van der Waals surface area (Å²) in [6.45, 7) is 3.00. The van der Waals surface area contributed by atoms with Gasteiger partial charge < -0.3 is 19.9 Å². The Morgan fingerprint density at radius 1 is 1.16 bits per heavy atom. The predicted molar refractivity (Wildman–Crippen MR) is 106 cm³/mol. The number of ketones is 1. The molecule has 11 heteroatoms. The Kier molecular flexibility index (Phi) is 5.79. The zero-order chi connectivity index (χ0) is 24.0. The molecule has 1 fully saturated rings. The molecule has 0 aliphatic heterocycles. The highest BCUT2D eigenvalue weighted by Crippen LogP contribution is 2.49. The monoisotopic (exact) mass is 455 g/mol. The van der Waals surface area contributed by atoms with Crippen LogP contribution in [-0.4, -0.2) is 41.0 Å². The van der Waals surface area contributed by atoms with Crippen molar-refractivity contribution in [3.8, 4) is 5.75 Å². The first-order valence-corrected chi connectivity index (χ1v) is 9.57. The van der Waals surface area contributed by atoms with Gasteiger partial charge in [-0.15, -0.1) is 0 Å². The van der Waals surface area contributed by atoms with E-state index in [0.717, 1.165) is 0 Å². The number of carbonyl (C=O) groups is 3. The zero-order valence-electron chi connectivity index (χ0n) is 17.7. The number of aromatic nitrogens is 1. The minimum absolute atomic E-state index is 0.0786. The average molecular weight is 455 g/mol. The molecule has 1 aliphatic rings. The number of aryl methyl sites for hydroxylation is 1. The van der Waals surface area contributed by atoms with Crippen molar-refractivity contribution >= 4 is 23.3 Å². The fraction of sp³-hybridized carbons (Fsp3) is 0.381. The highest BCUT2D eigenvalue weighted by Gasteiger charge is 2.64. The van der Waals surface area contributed by atoms with Gasteiger partial charge in [0.05, 0.1) is 7.11 Å². The fourth-order valence-electron chi connectivity index (χ4n) is 3.39. The molecular weight excluding hydrogens is 434 g/mol. The van der Waals surface area contributed by atoms with Crippen molar-refractivity contribution in [2.45, 2.75) is 38.4 Å². The van der Waals surface area contributed by atoms with E-state index in [1.54, 1.807) is 5.32 Å². The molecule has 172 valence electrons. The van der Waals surface area contributed by atoms with Crippen LogP contribution in [-0.2, 0) is 11.8 Å². The van der Waals surface area contributed by atoms with E-state index in [1.165, 1.54) is 50.8 Å². The van der Waals surface area contributed by atoms with Crippen molar-refractivity contribution in [3.63, 3.8) is 0 Å². The molecule has 0 atom stereocenters. The maximum Gasteiger partial charge on any atom is 0.411 e. The molecule has 0 saturated heterocycles. The topological polar surface area (TPSA) is 89.4 Å². The molecule has 1 saturated carbocycles. The summed E-state index contributed by atoms with van der Waals surface area (Å²) in [5.74, 6) is -4.12. The molecule has 1 aliphatic carbocycles. The summed E-state index contributed by atoms with van der Waals surface area (Å²) < 4.78 is 59.3. The Balaban J connectivity index is 1.92. The first-order chi connectivity index (χ1) is 14.8. The predicted octanol–water partition coefficient (Wildman–Crippen LogP) is 3.44. The number of rotatable bonds is 6. The van der Waals surface area contributed by atoms with Gasteiger partial charge >= 0.3 is 6.18 Å². The summed E-state index contributed by atoms with van der Waals surface area (Å²) in [6, 6.07) is 3.92. The maximum absolute atomic E-state index is 13.5. The van der Waals surface area contributed by atoms with Crippen LogP contribution in [0, 0.1) is 19.7 Å². The number of methoxy groups -OCH3 is 1. The number of halogens is 4. The van der Waals surface area contributed by atoms with Gasteiger partial charge in [0.25, 0.3) is 17.6 Å². The normalized spacial score (nSPS) is 14.6. The van der Waals surface area contributed by atoms with E-state index in [-0.39, 0.29) is 41.2 Å². The summed E-state index contributed by atoms with van der Waals surface area (Å²) in [4.78, 5) is 38.0. The smallest absolute Gasteiger partial charge is 0.411 e. The molecule has 0 bridgehead atoms. The van der Waals surface area contributed by atoms with E-state index >= 15 is 0 Å². The second-order valence-electron chi connectivity index (χ2n) is 7.68. The quantitative estimate of drug-likeness (QED) is 0.397. The lowest BCUT2D eigenvalue weighted by Crippen LogP contribution is -2.50. The molecular formula is C21H21F4N3O4. The van der Waals surface area contributed by atoms with Crippen LogP contribution in [0.2, 0.25) is 0 Å². The number of alkyl halides is 3. The SMILES string of the molecule is COc1c(C(=O)Nc2ccc(F)c(C)c2)c(C)n(C)c1C(=O)C(=O)NC1(C(F)(F)F)CC1. The number of Topliss-reactive ketones (excluding diaryl/α,β-unsaturated/α-hetero) is 1. The van der Waals surface area contributed by atoms with Crippen molar-refractivity contribution in [3.05, 3.63) is 46.5 Å². The third kappa shape index (κ3) is 3.94. The van der Waals surface area contributed by atoms with E-state index in [0.29, 0.717) is 5.56 Å². The first-order valence-electron chi connectivity index (χ1n) is 9.57. The van der Waals surface area contributed by atoms with Crippen LogP contribution < -0.4 is 15.4 Å². The Morgan fingerprint density at radius 2 is 1.78 bits per heavy atom. The summed E-state index contributed by atoms with van der Waals surface area (Å²) in [5.41, 5.74) is -2.03. The van der Waals surface area contributed by atoms with Crippen LogP contribution in [0.25, 0.3) is 0 Å². The molecule has 3 rings (SSSR count). The van der Waals surface area contributed by atoms with Crippen LogP contribution >= 0.6 is 0 Å². The zero-order valence-corrected chi connectivity index (χ0v) is 17.7. The van der Waals surface area contributed by atoms with E-state index in [2.05, 4.69) is 5.32 Å². The van der Waals surface area contributed by atoms with E-state index in [9.17, 15) is 31.9 Å². The third-order valence-electron chi connectivity index (χ3n) is 5.56. The number of amides is 2. The molecule has 7 nitrogen and oxygen atoms in total. The maximum atomic E-state index is 13.5. The molecule has 0 unspecified atom stereocenters. The van der Waals surface area contributed by atoms with Crippen molar-refractivity contribution < 1.29 is 36.7 Å². The number of anilines is 1. The first kappa shape index (κ1) is 23.3. The van der Waals surface area contributed by atoms with Gasteiger partial charge in [0.2, 0.25) is 0 Å². The highest BCUT2D eigenvalue weighted by atomic mass is 19.4. The minimum Gasteiger partial charge on any atom is -0.493 e. The van der Waals surface area contributed by atoms with Crippen LogP contribution in [0.15, 0.2) is 18.2 Å². The second-order valence-corrected chi connectivity index (χ2v) is 7.68. The summed E-state index contributed by atoms with van der Waals surface area (Å²) in [7, 11) is 2.55. The van der Waals surface area contributed by atoms with Crippen molar-refractivity contribution in [2.75, 3.05) is 12.4 Å². The number of hydrogen-bond acceptors (Lipinski definition) is 4. The Morgan fingerprint density at radius 3 is 2.28 bits per heavy atom. The van der Waals surface area contributed by atoms with Crippen molar-refractivity contribution in [2.24, 2.45) is 7.05 Å². The van der Waals surface area contributed by atoms with Crippen LogP contribution in [0.5, 0.6) is 5.75 Å². The van der Waals surface area contributed by atoms with Crippen LogP contribution in [0.3, 0.4) is 0 Å². The molecule has 2 N–H and O–H groups in total. The molecule has 2 aromatic rings. The van der Waals surface area contributed by atoms with Gasteiger partial charge in [0, 0.05) is 18.4 Å². The summed E-state index contributed by atoms with van der Waals surface area (Å²) >= 11 is 0. The van der Waals surface area contributed by atoms with E-state index in [1.807, 2.05) is 0 Å². The lowest BCUT2D eigenvalue weighted by molar-refractivity contribution is -0.169. The number of hydrogen-bond donors (Lipinski definition) is 2. The lowest BCUT2D eigenvalue weighted by Gasteiger charge is -2.20.